The van der Waals surface area contributed by atoms with Gasteiger partial charge in [-0.05, 0) is 63.9 Å². The summed E-state index contributed by atoms with van der Waals surface area (Å²) >= 11 is 0. The first-order valence-electron chi connectivity index (χ1n) is 13.5. The van der Waals surface area contributed by atoms with Gasteiger partial charge in [0.25, 0.3) is 11.7 Å². The SMILES string of the molecule is [C-]#[N+]c1ccc(C2(C3CCN(C(C)CCNC(=O)c4c(C)cc[n+]([O-])c4C)CC3)Oc3ccccc3O2)cc1. The summed E-state index contributed by atoms with van der Waals surface area (Å²) in [5, 5.41) is 14.9. The number of nitrogens with one attached hydrogen (secondary N) is 1. The fourth-order valence-electron chi connectivity index (χ4n) is 5.75. The molecule has 1 unspecified atom stereocenters. The average Bonchev–Trinajstić information content (AvgIpc) is 3.36. The summed E-state index contributed by atoms with van der Waals surface area (Å²) in [6.07, 6.45) is 4.02. The highest BCUT2D eigenvalue weighted by atomic mass is 16.7. The molecular weight excluding hydrogens is 492 g/mol. The van der Waals surface area contributed by atoms with Gasteiger partial charge in [-0.2, -0.15) is 4.73 Å². The third-order valence-corrected chi connectivity index (χ3v) is 8.08. The number of fused-ring (bicyclic) bond motifs is 1. The van der Waals surface area contributed by atoms with Crippen LogP contribution < -0.4 is 19.5 Å². The highest BCUT2D eigenvalue weighted by Gasteiger charge is 2.51. The zero-order valence-electron chi connectivity index (χ0n) is 22.6. The quantitative estimate of drug-likeness (QED) is 0.265. The number of aromatic nitrogens is 1. The van der Waals surface area contributed by atoms with Crippen LogP contribution in [-0.4, -0.2) is 36.5 Å². The van der Waals surface area contributed by atoms with Gasteiger partial charge in [0.15, 0.2) is 23.4 Å². The second-order valence-corrected chi connectivity index (χ2v) is 10.5. The topological polar surface area (TPSA) is 82.1 Å². The van der Waals surface area contributed by atoms with Gasteiger partial charge in [0, 0.05) is 37.1 Å². The largest absolute Gasteiger partial charge is 0.618 e. The van der Waals surface area contributed by atoms with Gasteiger partial charge in [-0.25, -0.2) is 4.85 Å². The van der Waals surface area contributed by atoms with Crippen LogP contribution in [0.4, 0.5) is 5.69 Å². The molecule has 1 atom stereocenters. The van der Waals surface area contributed by atoms with E-state index < -0.39 is 5.79 Å². The molecule has 1 N–H and O–H groups in total. The summed E-state index contributed by atoms with van der Waals surface area (Å²) in [6, 6.07) is 17.2. The van der Waals surface area contributed by atoms with Crippen molar-refractivity contribution in [2.24, 2.45) is 5.92 Å². The van der Waals surface area contributed by atoms with Crippen molar-refractivity contribution in [2.75, 3.05) is 19.6 Å². The van der Waals surface area contributed by atoms with E-state index in [-0.39, 0.29) is 17.9 Å². The van der Waals surface area contributed by atoms with Crippen LogP contribution in [0.25, 0.3) is 4.85 Å². The maximum absolute atomic E-state index is 12.8. The van der Waals surface area contributed by atoms with Crippen LogP contribution >= 0.6 is 0 Å². The van der Waals surface area contributed by atoms with Crippen molar-refractivity contribution in [1.82, 2.24) is 10.2 Å². The monoisotopic (exact) mass is 526 g/mol. The van der Waals surface area contributed by atoms with Crippen LogP contribution in [0, 0.1) is 31.5 Å². The number of amides is 1. The van der Waals surface area contributed by atoms with Gasteiger partial charge >= 0.3 is 0 Å². The molecule has 1 saturated heterocycles. The Kier molecular flexibility index (Phi) is 7.45. The Morgan fingerprint density at radius 3 is 2.38 bits per heavy atom. The molecule has 3 aromatic rings. The smallest absolute Gasteiger partial charge is 0.281 e. The summed E-state index contributed by atoms with van der Waals surface area (Å²) in [6.45, 7) is 15.3. The maximum atomic E-state index is 12.8. The van der Waals surface area contributed by atoms with E-state index in [0.29, 0.717) is 23.5 Å². The van der Waals surface area contributed by atoms with E-state index in [1.165, 1.54) is 6.20 Å². The molecule has 1 fully saturated rings. The number of hydrogen-bond acceptors (Lipinski definition) is 5. The van der Waals surface area contributed by atoms with E-state index >= 15 is 0 Å². The molecule has 2 aromatic carbocycles. The van der Waals surface area contributed by atoms with Crippen molar-refractivity contribution < 1.29 is 19.0 Å². The predicted octanol–water partition coefficient (Wildman–Crippen LogP) is 5.03. The van der Waals surface area contributed by atoms with Gasteiger partial charge in [0.05, 0.1) is 6.57 Å². The fourth-order valence-corrected chi connectivity index (χ4v) is 5.75. The molecule has 202 valence electrons. The molecule has 2 aliphatic heterocycles. The second-order valence-electron chi connectivity index (χ2n) is 10.5. The molecule has 5 rings (SSSR count). The Bertz CT molecular complexity index is 1370. The Labute approximate surface area is 229 Å². The van der Waals surface area contributed by atoms with Gasteiger partial charge in [-0.15, -0.1) is 0 Å². The number of carbonyl (C=O) groups excluding carboxylic acids is 1. The zero-order chi connectivity index (χ0) is 27.6. The first-order chi connectivity index (χ1) is 18.8. The molecule has 2 aliphatic rings. The molecule has 39 heavy (non-hydrogen) atoms. The number of rotatable bonds is 7. The molecule has 8 heteroatoms. The van der Waals surface area contributed by atoms with Crippen molar-refractivity contribution >= 4 is 11.6 Å². The first-order valence-corrected chi connectivity index (χ1v) is 13.5. The predicted molar refractivity (Wildman–Crippen MR) is 148 cm³/mol. The lowest BCUT2D eigenvalue weighted by Gasteiger charge is -2.42. The number of benzene rings is 2. The summed E-state index contributed by atoms with van der Waals surface area (Å²) in [5.41, 5.74) is 3.17. The molecule has 0 saturated carbocycles. The Balaban J connectivity index is 1.21. The summed E-state index contributed by atoms with van der Waals surface area (Å²) < 4.78 is 13.9. The summed E-state index contributed by atoms with van der Waals surface area (Å²) in [4.78, 5) is 18.7. The van der Waals surface area contributed by atoms with Crippen molar-refractivity contribution in [1.29, 1.82) is 0 Å². The third kappa shape index (κ3) is 5.15. The number of piperidine rings is 1. The van der Waals surface area contributed by atoms with Crippen LogP contribution in [-0.2, 0) is 5.79 Å². The lowest BCUT2D eigenvalue weighted by Crippen LogP contribution is -2.50. The standard InChI is InChI=1S/C31H34N4O4/c1-21-14-20-35(37)23(3)29(21)30(36)33-17-13-22(2)34-18-15-25(16-19-34)31(24-9-11-26(32-4)12-10-24)38-27-7-5-6-8-28(27)39-31/h5-12,14,20,22,25H,13,15-19H2,1-3H3,(H,33,36). The van der Waals surface area contributed by atoms with Crippen molar-refractivity contribution in [2.45, 2.75) is 51.9 Å². The van der Waals surface area contributed by atoms with E-state index in [4.69, 9.17) is 16.0 Å². The first kappa shape index (κ1) is 26.5. The molecule has 1 aromatic heterocycles. The zero-order valence-corrected chi connectivity index (χ0v) is 22.6. The Morgan fingerprint density at radius 1 is 1.13 bits per heavy atom. The van der Waals surface area contributed by atoms with Gasteiger partial charge in [-0.1, -0.05) is 36.4 Å². The molecule has 0 bridgehead atoms. The highest BCUT2D eigenvalue weighted by Crippen LogP contribution is 2.50. The van der Waals surface area contributed by atoms with E-state index in [2.05, 4.69) is 22.0 Å². The molecule has 1 amide bonds. The number of hydrogen-bond donors (Lipinski definition) is 1. The molecule has 0 aliphatic carbocycles. The lowest BCUT2D eigenvalue weighted by atomic mass is 9.83. The van der Waals surface area contributed by atoms with Crippen molar-refractivity contribution in [3.05, 3.63) is 99.8 Å². The van der Waals surface area contributed by atoms with E-state index in [1.54, 1.807) is 13.0 Å². The van der Waals surface area contributed by atoms with Gasteiger partial charge in [0.1, 0.15) is 5.56 Å². The van der Waals surface area contributed by atoms with Gasteiger partial charge in [0.2, 0.25) is 5.69 Å². The number of likely N-dealkylation sites (tertiary alicyclic amines) is 1. The summed E-state index contributed by atoms with van der Waals surface area (Å²) in [5.74, 6) is 0.489. The Morgan fingerprint density at radius 2 is 1.77 bits per heavy atom. The molecular formula is C31H34N4O4. The van der Waals surface area contributed by atoms with Crippen molar-refractivity contribution in [3.8, 4) is 11.5 Å². The number of para-hydroxylation sites is 2. The third-order valence-electron chi connectivity index (χ3n) is 8.08. The highest BCUT2D eigenvalue weighted by molar-refractivity contribution is 5.96. The minimum Gasteiger partial charge on any atom is -0.618 e. The molecule has 3 heterocycles. The number of ether oxygens (including phenoxy) is 2. The Hall–Kier alpha value is -4.09. The number of carbonyl (C=O) groups is 1. The van der Waals surface area contributed by atoms with Gasteiger partial charge < -0.3 is 24.9 Å². The average molecular weight is 527 g/mol. The van der Waals surface area contributed by atoms with Crippen LogP contribution in [0.5, 0.6) is 11.5 Å². The lowest BCUT2D eigenvalue weighted by molar-refractivity contribution is -0.612. The van der Waals surface area contributed by atoms with Crippen LogP contribution in [0.2, 0.25) is 0 Å². The molecule has 0 spiro atoms. The minimum absolute atomic E-state index is 0.134. The van der Waals surface area contributed by atoms with Gasteiger partial charge in [-0.3, -0.25) is 4.79 Å². The second kappa shape index (κ2) is 11.0. The van der Waals surface area contributed by atoms with Crippen LogP contribution in [0.1, 0.15) is 53.4 Å². The van der Waals surface area contributed by atoms with E-state index in [0.717, 1.165) is 59.7 Å². The normalized spacial score (nSPS) is 17.4. The molecule has 0 radical (unpaired) electrons. The summed E-state index contributed by atoms with van der Waals surface area (Å²) in [7, 11) is 0. The van der Waals surface area contributed by atoms with Crippen LogP contribution in [0.3, 0.4) is 0 Å². The fraction of sp³-hybridized carbons (Fsp3) is 0.387. The van der Waals surface area contributed by atoms with E-state index in [9.17, 15) is 10.0 Å². The van der Waals surface area contributed by atoms with Crippen molar-refractivity contribution in [3.63, 3.8) is 0 Å². The number of pyridine rings is 1. The minimum atomic E-state index is -0.919. The van der Waals surface area contributed by atoms with Crippen LogP contribution in [0.15, 0.2) is 60.8 Å². The molecule has 8 nitrogen and oxygen atoms in total. The maximum Gasteiger partial charge on any atom is 0.281 e. The number of nitrogens with zero attached hydrogens (tertiary/aromatic N) is 3. The van der Waals surface area contributed by atoms with E-state index in [1.807, 2.05) is 55.5 Å². The number of aryl methyl sites for hydroxylation is 1.